The third-order valence-electron chi connectivity index (χ3n) is 4.31. The number of nitrogens with zero attached hydrogens (tertiary/aromatic N) is 1. The molecule has 0 amide bonds. The first-order chi connectivity index (χ1) is 11.9. The van der Waals surface area contributed by atoms with Gasteiger partial charge in [0.25, 0.3) is 0 Å². The van der Waals surface area contributed by atoms with Crippen molar-refractivity contribution in [3.8, 4) is 5.75 Å². The maximum absolute atomic E-state index is 6.51. The number of nitrogen functional groups attached to an aromatic ring is 1. The van der Waals surface area contributed by atoms with Crippen LogP contribution in [0.15, 0.2) is 37.0 Å². The summed E-state index contributed by atoms with van der Waals surface area (Å²) >= 11 is 12.4. The fourth-order valence-corrected chi connectivity index (χ4v) is 3.57. The summed E-state index contributed by atoms with van der Waals surface area (Å²) in [4.78, 5) is 4.47. The Morgan fingerprint density at radius 3 is 2.64 bits per heavy atom. The topological polar surface area (TPSA) is 57.4 Å². The minimum atomic E-state index is -0.680. The van der Waals surface area contributed by atoms with Gasteiger partial charge in [-0.25, -0.2) is 0 Å². The SMILES string of the molecule is C=C(C)c1cc(N)ccc1OC1(c2ncc(Cl)cc2Cl)CCOCC1. The molecule has 1 aliphatic heterocycles. The third kappa shape index (κ3) is 3.76. The smallest absolute Gasteiger partial charge is 0.157 e. The summed E-state index contributed by atoms with van der Waals surface area (Å²) in [7, 11) is 0. The Labute approximate surface area is 157 Å². The zero-order chi connectivity index (χ0) is 18.0. The van der Waals surface area contributed by atoms with Gasteiger partial charge in [-0.3, -0.25) is 4.98 Å². The van der Waals surface area contributed by atoms with Gasteiger partial charge in [0.1, 0.15) is 11.4 Å². The molecule has 2 N–H and O–H groups in total. The van der Waals surface area contributed by atoms with Gasteiger partial charge in [0.05, 0.1) is 23.3 Å². The summed E-state index contributed by atoms with van der Waals surface area (Å²) in [5.74, 6) is 0.705. The molecule has 0 atom stereocenters. The molecule has 1 aliphatic rings. The molecule has 0 spiro atoms. The van der Waals surface area contributed by atoms with Crippen LogP contribution in [-0.4, -0.2) is 18.2 Å². The molecule has 132 valence electrons. The second-order valence-corrected chi connectivity index (χ2v) is 7.07. The number of aromatic nitrogens is 1. The molecule has 2 aromatic rings. The van der Waals surface area contributed by atoms with Crippen LogP contribution in [0.5, 0.6) is 5.75 Å². The number of benzene rings is 1. The van der Waals surface area contributed by atoms with E-state index < -0.39 is 5.60 Å². The van der Waals surface area contributed by atoms with Gasteiger partial charge in [-0.05, 0) is 36.8 Å². The van der Waals surface area contributed by atoms with E-state index in [0.29, 0.717) is 53.2 Å². The molecule has 2 heterocycles. The fourth-order valence-electron chi connectivity index (χ4n) is 3.02. The quantitative estimate of drug-likeness (QED) is 0.752. The van der Waals surface area contributed by atoms with Crippen molar-refractivity contribution in [2.75, 3.05) is 18.9 Å². The molecule has 6 heteroatoms. The van der Waals surface area contributed by atoms with Gasteiger partial charge in [-0.2, -0.15) is 0 Å². The van der Waals surface area contributed by atoms with Crippen LogP contribution < -0.4 is 10.5 Å². The van der Waals surface area contributed by atoms with E-state index >= 15 is 0 Å². The van der Waals surface area contributed by atoms with Crippen molar-refractivity contribution in [3.05, 3.63) is 58.3 Å². The summed E-state index contributed by atoms with van der Waals surface area (Å²) in [5.41, 5.74) is 8.32. The van der Waals surface area contributed by atoms with Gasteiger partial charge < -0.3 is 15.2 Å². The van der Waals surface area contributed by atoms with E-state index in [9.17, 15) is 0 Å². The third-order valence-corrected chi connectivity index (χ3v) is 4.80. The number of pyridine rings is 1. The standard InChI is InChI=1S/C19H20Cl2N2O2/c1-12(2)15-10-14(22)3-4-17(15)25-19(5-7-24-8-6-19)18-16(21)9-13(20)11-23-18/h3-4,9-11H,1,5-8,22H2,2H3. The lowest BCUT2D eigenvalue weighted by Crippen LogP contribution is -2.40. The highest BCUT2D eigenvalue weighted by atomic mass is 35.5. The number of ether oxygens (including phenoxy) is 2. The van der Waals surface area contributed by atoms with Gasteiger partial charge in [-0.15, -0.1) is 0 Å². The maximum Gasteiger partial charge on any atom is 0.157 e. The van der Waals surface area contributed by atoms with Crippen molar-refractivity contribution in [1.29, 1.82) is 0 Å². The van der Waals surface area contributed by atoms with Crippen molar-refractivity contribution in [3.63, 3.8) is 0 Å². The van der Waals surface area contributed by atoms with E-state index in [1.54, 1.807) is 12.3 Å². The highest BCUT2D eigenvalue weighted by molar-refractivity contribution is 6.34. The zero-order valence-electron chi connectivity index (χ0n) is 14.0. The number of halogens is 2. The van der Waals surface area contributed by atoms with Crippen molar-refractivity contribution >= 4 is 34.5 Å². The molecule has 25 heavy (non-hydrogen) atoms. The summed E-state index contributed by atoms with van der Waals surface area (Å²) in [6.07, 6.45) is 2.87. The van der Waals surface area contributed by atoms with E-state index in [4.69, 9.17) is 38.4 Å². The van der Waals surface area contributed by atoms with Crippen LogP contribution >= 0.6 is 23.2 Å². The molecule has 1 saturated heterocycles. The summed E-state index contributed by atoms with van der Waals surface area (Å²) in [6.45, 7) is 7.08. The Kier molecular flexibility index (Phi) is 5.23. The van der Waals surface area contributed by atoms with Crippen molar-refractivity contribution in [1.82, 2.24) is 4.98 Å². The van der Waals surface area contributed by atoms with Crippen LogP contribution in [-0.2, 0) is 10.3 Å². The molecule has 0 saturated carbocycles. The van der Waals surface area contributed by atoms with Crippen molar-refractivity contribution < 1.29 is 9.47 Å². The first kappa shape index (κ1) is 18.1. The van der Waals surface area contributed by atoms with Crippen LogP contribution in [0.4, 0.5) is 5.69 Å². The molecule has 0 aliphatic carbocycles. The average molecular weight is 379 g/mol. The van der Waals surface area contributed by atoms with Crippen LogP contribution in [0.3, 0.4) is 0 Å². The Morgan fingerprint density at radius 2 is 2.00 bits per heavy atom. The second kappa shape index (κ2) is 7.24. The second-order valence-electron chi connectivity index (χ2n) is 6.23. The molecule has 0 radical (unpaired) electrons. The van der Waals surface area contributed by atoms with Crippen LogP contribution in [0.1, 0.15) is 31.0 Å². The highest BCUT2D eigenvalue weighted by Gasteiger charge is 2.40. The first-order valence-corrected chi connectivity index (χ1v) is 8.80. The predicted octanol–water partition coefficient (Wildman–Crippen LogP) is 5.09. The molecule has 1 fully saturated rings. The zero-order valence-corrected chi connectivity index (χ0v) is 15.5. The van der Waals surface area contributed by atoms with E-state index in [0.717, 1.165) is 11.1 Å². The molecule has 0 unspecified atom stereocenters. The van der Waals surface area contributed by atoms with E-state index in [1.165, 1.54) is 0 Å². The molecule has 1 aromatic heterocycles. The van der Waals surface area contributed by atoms with Crippen molar-refractivity contribution in [2.24, 2.45) is 0 Å². The highest BCUT2D eigenvalue weighted by Crippen LogP contribution is 2.42. The number of rotatable bonds is 4. The number of allylic oxidation sites excluding steroid dienone is 1. The monoisotopic (exact) mass is 378 g/mol. The first-order valence-electron chi connectivity index (χ1n) is 8.05. The van der Waals surface area contributed by atoms with Crippen molar-refractivity contribution in [2.45, 2.75) is 25.4 Å². The summed E-state index contributed by atoms with van der Waals surface area (Å²) in [5, 5.41) is 0.979. The van der Waals surface area contributed by atoms with E-state index in [-0.39, 0.29) is 0 Å². The fraction of sp³-hybridized carbons (Fsp3) is 0.316. The Bertz CT molecular complexity index is 802. The van der Waals surface area contributed by atoms with Gasteiger partial charge in [0, 0.05) is 30.3 Å². The minimum Gasteiger partial charge on any atom is -0.480 e. The lowest BCUT2D eigenvalue weighted by Gasteiger charge is -2.38. The number of hydrogen-bond donors (Lipinski definition) is 1. The van der Waals surface area contributed by atoms with E-state index in [1.807, 2.05) is 25.1 Å². The molecule has 0 bridgehead atoms. The van der Waals surface area contributed by atoms with Gasteiger partial charge in [-0.1, -0.05) is 29.8 Å². The molecule has 3 rings (SSSR count). The number of nitrogens with two attached hydrogens (primary N) is 1. The molecular formula is C19H20Cl2N2O2. The Balaban J connectivity index is 2.07. The van der Waals surface area contributed by atoms with Gasteiger partial charge in [0.15, 0.2) is 5.60 Å². The number of anilines is 1. The van der Waals surface area contributed by atoms with Crippen LogP contribution in [0.25, 0.3) is 5.57 Å². The number of hydrogen-bond acceptors (Lipinski definition) is 4. The van der Waals surface area contributed by atoms with Crippen LogP contribution in [0, 0.1) is 0 Å². The lowest BCUT2D eigenvalue weighted by atomic mass is 9.89. The lowest BCUT2D eigenvalue weighted by molar-refractivity contribution is -0.0526. The molecule has 1 aromatic carbocycles. The summed E-state index contributed by atoms with van der Waals surface area (Å²) in [6, 6.07) is 7.22. The van der Waals surface area contributed by atoms with Gasteiger partial charge >= 0.3 is 0 Å². The van der Waals surface area contributed by atoms with Gasteiger partial charge in [0.2, 0.25) is 0 Å². The minimum absolute atomic E-state index is 0.488. The molecule has 4 nitrogen and oxygen atoms in total. The Hall–Kier alpha value is -1.75. The maximum atomic E-state index is 6.51. The molecular weight excluding hydrogens is 359 g/mol. The predicted molar refractivity (Wildman–Crippen MR) is 102 cm³/mol. The van der Waals surface area contributed by atoms with Crippen LogP contribution in [0.2, 0.25) is 10.0 Å². The van der Waals surface area contributed by atoms with E-state index in [2.05, 4.69) is 11.6 Å². The average Bonchev–Trinajstić information content (AvgIpc) is 2.57. The summed E-state index contributed by atoms with van der Waals surface area (Å²) < 4.78 is 12.0. The largest absolute Gasteiger partial charge is 0.480 e. The Morgan fingerprint density at radius 1 is 1.28 bits per heavy atom. The normalized spacial score (nSPS) is 16.4.